The summed E-state index contributed by atoms with van der Waals surface area (Å²) in [4.78, 5) is 14.9. The van der Waals surface area contributed by atoms with E-state index in [0.717, 1.165) is 51.3 Å². The number of nitrogens with zero attached hydrogens (tertiary/aromatic N) is 4. The second kappa shape index (κ2) is 7.44. The molecule has 8 nitrogen and oxygen atoms in total. The third-order valence-electron chi connectivity index (χ3n) is 5.52. The average molecular weight is 373 g/mol. The van der Waals surface area contributed by atoms with Gasteiger partial charge in [-0.1, -0.05) is 5.16 Å². The van der Waals surface area contributed by atoms with E-state index in [1.807, 2.05) is 0 Å². The second-order valence-corrected chi connectivity index (χ2v) is 7.38. The molecule has 2 aromatic heterocycles. The molecule has 1 atom stereocenters. The molecule has 4 heterocycles. The van der Waals surface area contributed by atoms with Crippen LogP contribution in [0, 0.1) is 13.8 Å². The number of nitrogens with one attached hydrogen (secondary N) is 1. The second-order valence-electron chi connectivity index (χ2n) is 7.38. The Morgan fingerprint density at radius 1 is 1.37 bits per heavy atom. The van der Waals surface area contributed by atoms with Gasteiger partial charge in [-0.25, -0.2) is 0 Å². The fourth-order valence-electron chi connectivity index (χ4n) is 4.14. The normalized spacial score (nSPS) is 20.0. The minimum Gasteiger partial charge on any atom is -0.376 e. The number of aromatic nitrogens is 3. The van der Waals surface area contributed by atoms with Gasteiger partial charge in [0.05, 0.1) is 24.6 Å². The molecule has 146 valence electrons. The fourth-order valence-corrected chi connectivity index (χ4v) is 4.14. The number of hydrogen-bond donors (Lipinski definition) is 1. The quantitative estimate of drug-likeness (QED) is 0.857. The van der Waals surface area contributed by atoms with Crippen molar-refractivity contribution in [3.05, 3.63) is 34.0 Å². The zero-order valence-electron chi connectivity index (χ0n) is 16.2. The zero-order chi connectivity index (χ0) is 19.0. The van der Waals surface area contributed by atoms with Gasteiger partial charge in [-0.2, -0.15) is 5.10 Å². The number of rotatable bonds is 5. The standard InChI is InChI=1S/C19H27N5O3/c1-4-24-17-6-8-26-11-15(17)16(21-24)10-23-7-5-14(9-23)20-19(25)18-12(2)22-27-13(18)3/h14H,4-11H2,1-3H3,(H,20,25). The Morgan fingerprint density at radius 3 is 2.96 bits per heavy atom. The van der Waals surface area contributed by atoms with Crippen molar-refractivity contribution in [2.45, 2.75) is 59.4 Å². The third-order valence-corrected chi connectivity index (χ3v) is 5.52. The molecule has 1 fully saturated rings. The van der Waals surface area contributed by atoms with Crippen molar-refractivity contribution in [2.24, 2.45) is 0 Å². The van der Waals surface area contributed by atoms with Crippen molar-refractivity contribution in [3.8, 4) is 0 Å². The van der Waals surface area contributed by atoms with Crippen LogP contribution in [0.2, 0.25) is 0 Å². The first-order valence-electron chi connectivity index (χ1n) is 9.68. The van der Waals surface area contributed by atoms with Crippen LogP contribution in [-0.2, 0) is 30.9 Å². The molecule has 1 amide bonds. The highest BCUT2D eigenvalue weighted by Gasteiger charge is 2.29. The first-order chi connectivity index (χ1) is 13.1. The predicted octanol–water partition coefficient (Wildman–Crippen LogP) is 1.58. The van der Waals surface area contributed by atoms with Gasteiger partial charge in [-0.3, -0.25) is 14.4 Å². The van der Waals surface area contributed by atoms with Crippen molar-refractivity contribution in [1.82, 2.24) is 25.2 Å². The summed E-state index contributed by atoms with van der Waals surface area (Å²) in [6, 6.07) is 0.131. The summed E-state index contributed by atoms with van der Waals surface area (Å²) >= 11 is 0. The Labute approximate surface area is 158 Å². The van der Waals surface area contributed by atoms with Crippen molar-refractivity contribution >= 4 is 5.91 Å². The average Bonchev–Trinajstić information content (AvgIpc) is 3.34. The molecular weight excluding hydrogens is 346 g/mol. The highest BCUT2D eigenvalue weighted by molar-refractivity contribution is 5.96. The lowest BCUT2D eigenvalue weighted by Gasteiger charge is -2.18. The number of likely N-dealkylation sites (tertiary alicyclic amines) is 1. The minimum atomic E-state index is -0.0980. The van der Waals surface area contributed by atoms with Gasteiger partial charge in [-0.15, -0.1) is 0 Å². The van der Waals surface area contributed by atoms with Crippen LogP contribution in [0.5, 0.6) is 0 Å². The number of carbonyl (C=O) groups is 1. The van der Waals surface area contributed by atoms with E-state index in [1.165, 1.54) is 11.3 Å². The van der Waals surface area contributed by atoms with E-state index >= 15 is 0 Å². The minimum absolute atomic E-state index is 0.0980. The van der Waals surface area contributed by atoms with E-state index in [0.29, 0.717) is 23.6 Å². The lowest BCUT2D eigenvalue weighted by atomic mass is 10.1. The summed E-state index contributed by atoms with van der Waals surface area (Å²) in [5.74, 6) is 0.468. The van der Waals surface area contributed by atoms with Crippen LogP contribution in [0.4, 0.5) is 0 Å². The fraction of sp³-hybridized carbons (Fsp3) is 0.632. The third kappa shape index (κ3) is 3.51. The van der Waals surface area contributed by atoms with Crippen molar-refractivity contribution in [2.75, 3.05) is 19.7 Å². The molecular formula is C19H27N5O3. The van der Waals surface area contributed by atoms with Gasteiger partial charge in [0.1, 0.15) is 11.3 Å². The molecule has 0 spiro atoms. The first kappa shape index (κ1) is 18.2. The Morgan fingerprint density at radius 2 is 2.22 bits per heavy atom. The molecule has 0 radical (unpaired) electrons. The number of carbonyl (C=O) groups excluding carboxylic acids is 1. The van der Waals surface area contributed by atoms with Gasteiger partial charge in [0.2, 0.25) is 0 Å². The van der Waals surface area contributed by atoms with Crippen LogP contribution in [0.15, 0.2) is 4.52 Å². The lowest BCUT2D eigenvalue weighted by molar-refractivity contribution is 0.0935. The van der Waals surface area contributed by atoms with Crippen LogP contribution in [0.3, 0.4) is 0 Å². The van der Waals surface area contributed by atoms with Gasteiger partial charge in [0.25, 0.3) is 5.91 Å². The predicted molar refractivity (Wildman–Crippen MR) is 98.4 cm³/mol. The summed E-state index contributed by atoms with van der Waals surface area (Å²) in [6.07, 6.45) is 1.87. The monoisotopic (exact) mass is 373 g/mol. The highest BCUT2D eigenvalue weighted by atomic mass is 16.5. The number of aryl methyl sites for hydroxylation is 3. The van der Waals surface area contributed by atoms with Crippen LogP contribution in [0.1, 0.15) is 52.1 Å². The summed E-state index contributed by atoms with van der Waals surface area (Å²) < 4.78 is 12.9. The molecule has 0 saturated carbocycles. The van der Waals surface area contributed by atoms with Crippen LogP contribution >= 0.6 is 0 Å². The number of hydrogen-bond acceptors (Lipinski definition) is 6. The zero-order valence-corrected chi connectivity index (χ0v) is 16.2. The Hall–Kier alpha value is -2.19. The maximum atomic E-state index is 12.5. The van der Waals surface area contributed by atoms with E-state index in [9.17, 15) is 4.79 Å². The van der Waals surface area contributed by atoms with Gasteiger partial charge < -0.3 is 14.6 Å². The summed E-state index contributed by atoms with van der Waals surface area (Å²) in [7, 11) is 0. The number of ether oxygens (including phenoxy) is 1. The molecule has 27 heavy (non-hydrogen) atoms. The first-order valence-corrected chi connectivity index (χ1v) is 9.68. The van der Waals surface area contributed by atoms with Gasteiger partial charge in [0, 0.05) is 49.9 Å². The topological polar surface area (TPSA) is 85.4 Å². The van der Waals surface area contributed by atoms with E-state index in [2.05, 4.69) is 27.0 Å². The maximum absolute atomic E-state index is 12.5. The number of amides is 1. The van der Waals surface area contributed by atoms with Gasteiger partial charge in [-0.05, 0) is 27.2 Å². The SMILES string of the molecule is CCn1nc(CN2CCC(NC(=O)c3c(C)noc3C)C2)c2c1CCOC2. The van der Waals surface area contributed by atoms with Gasteiger partial charge in [0.15, 0.2) is 0 Å². The molecule has 4 rings (SSSR count). The summed E-state index contributed by atoms with van der Waals surface area (Å²) in [5, 5.41) is 11.8. The Kier molecular flexibility index (Phi) is 5.01. The van der Waals surface area contributed by atoms with Crippen LogP contribution < -0.4 is 5.32 Å². The van der Waals surface area contributed by atoms with E-state index in [-0.39, 0.29) is 11.9 Å². The molecule has 2 aliphatic rings. The summed E-state index contributed by atoms with van der Waals surface area (Å²) in [5.41, 5.74) is 4.88. The molecule has 1 unspecified atom stereocenters. The summed E-state index contributed by atoms with van der Waals surface area (Å²) in [6.45, 7) is 10.6. The van der Waals surface area contributed by atoms with E-state index in [1.54, 1.807) is 13.8 Å². The Balaban J connectivity index is 1.39. The maximum Gasteiger partial charge on any atom is 0.257 e. The van der Waals surface area contributed by atoms with Crippen molar-refractivity contribution in [1.29, 1.82) is 0 Å². The molecule has 1 N–H and O–H groups in total. The van der Waals surface area contributed by atoms with Crippen LogP contribution in [0.25, 0.3) is 0 Å². The lowest BCUT2D eigenvalue weighted by Crippen LogP contribution is -2.37. The molecule has 2 aromatic rings. The molecule has 0 aromatic carbocycles. The number of fused-ring (bicyclic) bond motifs is 1. The highest BCUT2D eigenvalue weighted by Crippen LogP contribution is 2.24. The smallest absolute Gasteiger partial charge is 0.257 e. The van der Waals surface area contributed by atoms with Crippen LogP contribution in [-0.4, -0.2) is 51.5 Å². The van der Waals surface area contributed by atoms with Gasteiger partial charge >= 0.3 is 0 Å². The van der Waals surface area contributed by atoms with Crippen molar-refractivity contribution in [3.63, 3.8) is 0 Å². The Bertz CT molecular complexity index is 821. The molecule has 2 aliphatic heterocycles. The van der Waals surface area contributed by atoms with E-state index in [4.69, 9.17) is 14.4 Å². The molecule has 8 heteroatoms. The largest absolute Gasteiger partial charge is 0.376 e. The molecule has 1 saturated heterocycles. The van der Waals surface area contributed by atoms with Crippen molar-refractivity contribution < 1.29 is 14.1 Å². The van der Waals surface area contributed by atoms with E-state index < -0.39 is 0 Å². The molecule has 0 bridgehead atoms. The molecule has 0 aliphatic carbocycles.